The van der Waals surface area contributed by atoms with Gasteiger partial charge in [-0.3, -0.25) is 0 Å². The van der Waals surface area contributed by atoms with Crippen LogP contribution in [0.15, 0.2) is 47.4 Å². The van der Waals surface area contributed by atoms with Crippen molar-refractivity contribution in [1.29, 1.82) is 5.26 Å². The summed E-state index contributed by atoms with van der Waals surface area (Å²) in [6.45, 7) is 2.83. The number of nitrogens with two attached hydrogens (primary N) is 1. The van der Waals surface area contributed by atoms with Crippen LogP contribution >= 0.6 is 0 Å². The van der Waals surface area contributed by atoms with Crippen molar-refractivity contribution in [3.05, 3.63) is 59.2 Å². The number of anilines is 1. The number of nitriles is 1. The van der Waals surface area contributed by atoms with Gasteiger partial charge in [0.2, 0.25) is 10.0 Å². The number of sulfonamides is 1. The Labute approximate surface area is 136 Å². The first-order valence-electron chi connectivity index (χ1n) is 7.30. The molecular formula is C17H17N3O2S. The molecule has 2 aromatic rings. The minimum atomic E-state index is -3.68. The van der Waals surface area contributed by atoms with Crippen molar-refractivity contribution >= 4 is 15.7 Å². The molecule has 0 fully saturated rings. The van der Waals surface area contributed by atoms with E-state index in [-0.39, 0.29) is 10.9 Å². The predicted octanol–water partition coefficient (Wildman–Crippen LogP) is 2.16. The van der Waals surface area contributed by atoms with E-state index >= 15 is 0 Å². The summed E-state index contributed by atoms with van der Waals surface area (Å²) in [5, 5.41) is 14.1. The molecule has 0 aliphatic carbocycles. The number of nitrogens with zero attached hydrogens (tertiary/aromatic N) is 2. The van der Waals surface area contributed by atoms with Gasteiger partial charge in [-0.15, -0.1) is 0 Å². The predicted molar refractivity (Wildman–Crippen MR) is 88.3 cm³/mol. The molecule has 0 amide bonds. The van der Waals surface area contributed by atoms with Crippen LogP contribution in [0.1, 0.15) is 23.6 Å². The molecule has 0 spiro atoms. The van der Waals surface area contributed by atoms with Crippen LogP contribution in [0.4, 0.5) is 5.69 Å². The number of benzene rings is 2. The maximum atomic E-state index is 11.5. The molecule has 0 unspecified atom stereocenters. The first kappa shape index (κ1) is 15.5. The first-order valence-corrected chi connectivity index (χ1v) is 8.84. The molecule has 1 aliphatic rings. The Morgan fingerprint density at radius 1 is 1.26 bits per heavy atom. The quantitative estimate of drug-likeness (QED) is 0.936. The van der Waals surface area contributed by atoms with E-state index in [9.17, 15) is 8.42 Å². The molecule has 0 saturated carbocycles. The number of hydrogen-bond donors (Lipinski definition) is 1. The van der Waals surface area contributed by atoms with Crippen molar-refractivity contribution in [1.82, 2.24) is 0 Å². The van der Waals surface area contributed by atoms with Crippen molar-refractivity contribution < 1.29 is 8.42 Å². The van der Waals surface area contributed by atoms with Crippen LogP contribution in [0.5, 0.6) is 0 Å². The Bertz CT molecular complexity index is 883. The Morgan fingerprint density at radius 2 is 1.96 bits per heavy atom. The van der Waals surface area contributed by atoms with Gasteiger partial charge in [0.1, 0.15) is 0 Å². The highest BCUT2D eigenvalue weighted by atomic mass is 32.2. The third kappa shape index (κ3) is 3.07. The van der Waals surface area contributed by atoms with E-state index in [2.05, 4.69) is 17.9 Å². The fourth-order valence-corrected chi connectivity index (χ4v) is 3.54. The monoisotopic (exact) mass is 327 g/mol. The van der Waals surface area contributed by atoms with Gasteiger partial charge in [0.15, 0.2) is 0 Å². The SMILES string of the molecule is C[C@@H]1Cc2cc(S(N)(=O)=O)ccc2N1Cc1ccc(C#N)cc1. The second-order valence-corrected chi connectivity index (χ2v) is 7.39. The van der Waals surface area contributed by atoms with Crippen molar-refractivity contribution in [2.45, 2.75) is 30.8 Å². The largest absolute Gasteiger partial charge is 0.364 e. The zero-order valence-corrected chi connectivity index (χ0v) is 13.5. The molecule has 2 N–H and O–H groups in total. The van der Waals surface area contributed by atoms with Gasteiger partial charge in [-0.25, -0.2) is 13.6 Å². The van der Waals surface area contributed by atoms with E-state index < -0.39 is 10.0 Å². The van der Waals surface area contributed by atoms with Crippen molar-refractivity contribution in [3.63, 3.8) is 0 Å². The zero-order valence-electron chi connectivity index (χ0n) is 12.7. The van der Waals surface area contributed by atoms with Gasteiger partial charge in [-0.1, -0.05) is 12.1 Å². The van der Waals surface area contributed by atoms with E-state index in [0.29, 0.717) is 12.1 Å². The minimum absolute atomic E-state index is 0.156. The highest BCUT2D eigenvalue weighted by Crippen LogP contribution is 2.34. The third-order valence-corrected chi connectivity index (χ3v) is 5.08. The van der Waals surface area contributed by atoms with Gasteiger partial charge in [-0.2, -0.15) is 5.26 Å². The standard InChI is InChI=1S/C17H17N3O2S/c1-12-8-15-9-16(23(19,21)22)6-7-17(15)20(12)11-14-4-2-13(10-18)3-5-14/h2-7,9,12H,8,11H2,1H3,(H2,19,21,22)/t12-/m1/s1. The summed E-state index contributed by atoms with van der Waals surface area (Å²) in [6.07, 6.45) is 0.787. The van der Waals surface area contributed by atoms with Crippen LogP contribution in [-0.4, -0.2) is 14.5 Å². The zero-order chi connectivity index (χ0) is 16.6. The Morgan fingerprint density at radius 3 is 2.57 bits per heavy atom. The summed E-state index contributed by atoms with van der Waals surface area (Å²) in [5.41, 5.74) is 3.78. The molecule has 118 valence electrons. The Hall–Kier alpha value is -2.36. The second kappa shape index (κ2) is 5.69. The number of hydrogen-bond acceptors (Lipinski definition) is 4. The summed E-state index contributed by atoms with van der Waals surface area (Å²) in [7, 11) is -3.68. The molecule has 5 nitrogen and oxygen atoms in total. The smallest absolute Gasteiger partial charge is 0.238 e. The lowest BCUT2D eigenvalue weighted by molar-refractivity contribution is 0.597. The molecule has 23 heavy (non-hydrogen) atoms. The highest BCUT2D eigenvalue weighted by molar-refractivity contribution is 7.89. The fourth-order valence-electron chi connectivity index (χ4n) is 2.97. The topological polar surface area (TPSA) is 87.2 Å². The number of rotatable bonds is 3. The van der Waals surface area contributed by atoms with Crippen LogP contribution in [0.3, 0.4) is 0 Å². The molecule has 0 saturated heterocycles. The molecule has 1 atom stereocenters. The summed E-state index contributed by atoms with van der Waals surface area (Å²) < 4.78 is 23.0. The van der Waals surface area contributed by atoms with Crippen molar-refractivity contribution in [2.24, 2.45) is 5.14 Å². The van der Waals surface area contributed by atoms with Crippen LogP contribution in [0, 0.1) is 11.3 Å². The molecule has 0 aromatic heterocycles. The van der Waals surface area contributed by atoms with Gasteiger partial charge >= 0.3 is 0 Å². The molecule has 3 rings (SSSR count). The van der Waals surface area contributed by atoms with E-state index in [1.54, 1.807) is 24.3 Å². The van der Waals surface area contributed by atoms with Crippen molar-refractivity contribution in [2.75, 3.05) is 4.90 Å². The van der Waals surface area contributed by atoms with Gasteiger partial charge in [-0.05, 0) is 54.8 Å². The highest BCUT2D eigenvalue weighted by Gasteiger charge is 2.27. The molecule has 0 bridgehead atoms. The summed E-state index contributed by atoms with van der Waals surface area (Å²) in [4.78, 5) is 2.40. The molecule has 0 radical (unpaired) electrons. The average molecular weight is 327 g/mol. The van der Waals surface area contributed by atoms with Gasteiger partial charge in [0.25, 0.3) is 0 Å². The lowest BCUT2D eigenvalue weighted by atomic mass is 10.1. The lowest BCUT2D eigenvalue weighted by Crippen LogP contribution is -2.28. The molecular weight excluding hydrogens is 310 g/mol. The molecule has 1 aliphatic heterocycles. The molecule has 6 heteroatoms. The summed E-state index contributed by atoms with van der Waals surface area (Å²) in [6, 6.07) is 14.9. The lowest BCUT2D eigenvalue weighted by Gasteiger charge is -2.25. The van der Waals surface area contributed by atoms with E-state index in [1.165, 1.54) is 0 Å². The van der Waals surface area contributed by atoms with E-state index in [4.69, 9.17) is 10.4 Å². The van der Waals surface area contributed by atoms with Gasteiger partial charge in [0.05, 0.1) is 16.5 Å². The number of primary sulfonamides is 1. The molecule has 1 heterocycles. The summed E-state index contributed by atoms with van der Waals surface area (Å²) >= 11 is 0. The minimum Gasteiger partial charge on any atom is -0.364 e. The van der Waals surface area contributed by atoms with E-state index in [0.717, 1.165) is 23.2 Å². The molecule has 2 aromatic carbocycles. The average Bonchev–Trinajstić information content (AvgIpc) is 2.82. The maximum Gasteiger partial charge on any atom is 0.238 e. The van der Waals surface area contributed by atoms with Crippen LogP contribution in [-0.2, 0) is 23.0 Å². The normalized spacial score (nSPS) is 16.9. The van der Waals surface area contributed by atoms with Crippen LogP contribution in [0.2, 0.25) is 0 Å². The summed E-state index contributed by atoms with van der Waals surface area (Å²) in [5.74, 6) is 0. The van der Waals surface area contributed by atoms with Gasteiger partial charge in [0, 0.05) is 18.3 Å². The van der Waals surface area contributed by atoms with Gasteiger partial charge < -0.3 is 4.90 Å². The van der Waals surface area contributed by atoms with Crippen LogP contribution in [0.25, 0.3) is 0 Å². The Kier molecular flexibility index (Phi) is 3.84. The van der Waals surface area contributed by atoms with Crippen LogP contribution < -0.4 is 10.0 Å². The third-order valence-electron chi connectivity index (χ3n) is 4.17. The Balaban J connectivity index is 1.89. The number of fused-ring (bicyclic) bond motifs is 1. The maximum absolute atomic E-state index is 11.5. The fraction of sp³-hybridized carbons (Fsp3) is 0.235. The van der Waals surface area contributed by atoms with Crippen molar-refractivity contribution in [3.8, 4) is 6.07 Å². The van der Waals surface area contributed by atoms with E-state index in [1.807, 2.05) is 18.2 Å². The second-order valence-electron chi connectivity index (χ2n) is 5.83. The first-order chi connectivity index (χ1) is 10.9.